The maximum Gasteiger partial charge on any atom is 0.165 e. The molecule has 1 aliphatic rings. The van der Waals surface area contributed by atoms with Crippen molar-refractivity contribution in [3.8, 4) is 5.75 Å². The molecule has 6 heteroatoms. The van der Waals surface area contributed by atoms with Gasteiger partial charge in [0.1, 0.15) is 5.75 Å². The van der Waals surface area contributed by atoms with Gasteiger partial charge in [-0.1, -0.05) is 12.1 Å². The molecule has 0 aliphatic heterocycles. The monoisotopic (exact) mass is 287 g/mol. The molecule has 0 unspecified atom stereocenters. The fourth-order valence-electron chi connectivity index (χ4n) is 2.42. The van der Waals surface area contributed by atoms with Gasteiger partial charge < -0.3 is 4.74 Å². The van der Waals surface area contributed by atoms with E-state index in [2.05, 4.69) is 46.5 Å². The average Bonchev–Trinajstić information content (AvgIpc) is 3.26. The Morgan fingerprint density at radius 3 is 2.67 bits per heavy atom. The van der Waals surface area contributed by atoms with Crippen LogP contribution in [-0.4, -0.2) is 39.3 Å². The van der Waals surface area contributed by atoms with E-state index in [4.69, 9.17) is 4.74 Å². The summed E-state index contributed by atoms with van der Waals surface area (Å²) in [6.07, 6.45) is 2.38. The van der Waals surface area contributed by atoms with E-state index < -0.39 is 0 Å². The van der Waals surface area contributed by atoms with Gasteiger partial charge in [-0.05, 0) is 54.9 Å². The molecule has 0 amide bonds. The van der Waals surface area contributed by atoms with Crippen LogP contribution in [0.2, 0.25) is 0 Å². The fourth-order valence-corrected chi connectivity index (χ4v) is 2.42. The SMILES string of the molecule is COc1ccc([C@@H](C)N(C)Cc2nnnn2C2CC2)cc1. The van der Waals surface area contributed by atoms with Crippen molar-refractivity contribution < 1.29 is 4.74 Å². The van der Waals surface area contributed by atoms with Crippen LogP contribution in [0.1, 0.15) is 43.2 Å². The summed E-state index contributed by atoms with van der Waals surface area (Å²) in [4.78, 5) is 2.26. The number of rotatable bonds is 6. The topological polar surface area (TPSA) is 56.1 Å². The summed E-state index contributed by atoms with van der Waals surface area (Å²) in [5.74, 6) is 1.83. The van der Waals surface area contributed by atoms with Crippen LogP contribution in [-0.2, 0) is 6.54 Å². The summed E-state index contributed by atoms with van der Waals surface area (Å²) >= 11 is 0. The Labute approximate surface area is 124 Å². The molecule has 0 saturated heterocycles. The largest absolute Gasteiger partial charge is 0.497 e. The molecule has 3 rings (SSSR count). The number of tetrazole rings is 1. The minimum atomic E-state index is 0.292. The van der Waals surface area contributed by atoms with E-state index in [1.807, 2.05) is 16.8 Å². The Morgan fingerprint density at radius 2 is 2.05 bits per heavy atom. The fraction of sp³-hybridized carbons (Fsp3) is 0.533. The third kappa shape index (κ3) is 3.05. The van der Waals surface area contributed by atoms with Crippen molar-refractivity contribution in [1.29, 1.82) is 0 Å². The molecule has 21 heavy (non-hydrogen) atoms. The van der Waals surface area contributed by atoms with Crippen LogP contribution in [0.3, 0.4) is 0 Å². The van der Waals surface area contributed by atoms with Gasteiger partial charge in [0, 0.05) is 6.04 Å². The van der Waals surface area contributed by atoms with Gasteiger partial charge >= 0.3 is 0 Å². The lowest BCUT2D eigenvalue weighted by Gasteiger charge is -2.24. The van der Waals surface area contributed by atoms with Crippen LogP contribution in [0.4, 0.5) is 0 Å². The van der Waals surface area contributed by atoms with Crippen LogP contribution in [0.15, 0.2) is 24.3 Å². The van der Waals surface area contributed by atoms with Gasteiger partial charge in [0.15, 0.2) is 5.82 Å². The number of hydrogen-bond acceptors (Lipinski definition) is 5. The molecule has 1 saturated carbocycles. The van der Waals surface area contributed by atoms with Crippen molar-refractivity contribution in [3.05, 3.63) is 35.7 Å². The first-order valence-electron chi connectivity index (χ1n) is 7.30. The van der Waals surface area contributed by atoms with Crippen LogP contribution in [0.25, 0.3) is 0 Å². The predicted molar refractivity (Wildman–Crippen MR) is 79.0 cm³/mol. The van der Waals surface area contributed by atoms with E-state index in [0.717, 1.165) is 18.1 Å². The zero-order valence-electron chi connectivity index (χ0n) is 12.7. The molecule has 6 nitrogen and oxygen atoms in total. The summed E-state index contributed by atoms with van der Waals surface area (Å²) < 4.78 is 7.17. The molecular formula is C15H21N5O. The highest BCUT2D eigenvalue weighted by atomic mass is 16.5. The number of methoxy groups -OCH3 is 1. The van der Waals surface area contributed by atoms with Gasteiger partial charge in [0.25, 0.3) is 0 Å². The molecule has 1 atom stereocenters. The number of benzene rings is 1. The summed E-state index contributed by atoms with van der Waals surface area (Å²) in [6, 6.07) is 9.00. The smallest absolute Gasteiger partial charge is 0.165 e. The second-order valence-electron chi connectivity index (χ2n) is 5.64. The van der Waals surface area contributed by atoms with Gasteiger partial charge in [-0.15, -0.1) is 5.10 Å². The predicted octanol–water partition coefficient (Wildman–Crippen LogP) is 2.21. The third-order valence-corrected chi connectivity index (χ3v) is 4.10. The Hall–Kier alpha value is -1.95. The van der Waals surface area contributed by atoms with E-state index in [1.54, 1.807) is 7.11 Å². The van der Waals surface area contributed by atoms with E-state index in [9.17, 15) is 0 Å². The molecule has 0 bridgehead atoms. The first-order valence-corrected chi connectivity index (χ1v) is 7.30. The van der Waals surface area contributed by atoms with Gasteiger partial charge in [0.2, 0.25) is 0 Å². The lowest BCUT2D eigenvalue weighted by atomic mass is 10.1. The highest BCUT2D eigenvalue weighted by Crippen LogP contribution is 2.34. The van der Waals surface area contributed by atoms with Crippen molar-refractivity contribution in [2.24, 2.45) is 0 Å². The molecule has 2 aromatic rings. The lowest BCUT2D eigenvalue weighted by molar-refractivity contribution is 0.241. The first kappa shape index (κ1) is 14.0. The highest BCUT2D eigenvalue weighted by Gasteiger charge is 2.28. The van der Waals surface area contributed by atoms with E-state index >= 15 is 0 Å². The number of ether oxygens (including phenoxy) is 1. The van der Waals surface area contributed by atoms with Crippen LogP contribution in [0, 0.1) is 0 Å². The third-order valence-electron chi connectivity index (χ3n) is 4.10. The molecule has 1 aliphatic carbocycles. The molecular weight excluding hydrogens is 266 g/mol. The average molecular weight is 287 g/mol. The van der Waals surface area contributed by atoms with Crippen molar-refractivity contribution >= 4 is 0 Å². The van der Waals surface area contributed by atoms with Crippen LogP contribution < -0.4 is 4.74 Å². The lowest BCUT2D eigenvalue weighted by Crippen LogP contribution is -2.24. The molecule has 1 aromatic heterocycles. The number of aromatic nitrogens is 4. The highest BCUT2D eigenvalue weighted by molar-refractivity contribution is 5.28. The van der Waals surface area contributed by atoms with Crippen LogP contribution in [0.5, 0.6) is 5.75 Å². The standard InChI is InChI=1S/C15H21N5O/c1-11(12-4-8-14(21-3)9-5-12)19(2)10-15-16-17-18-20(15)13-6-7-13/h4-5,8-9,11,13H,6-7,10H2,1-3H3/t11-/m1/s1. The molecule has 0 N–H and O–H groups in total. The van der Waals surface area contributed by atoms with Crippen molar-refractivity contribution in [2.75, 3.05) is 14.2 Å². The Bertz CT molecular complexity index is 590. The maximum atomic E-state index is 5.20. The number of nitrogens with zero attached hydrogens (tertiary/aromatic N) is 5. The Kier molecular flexibility index (Phi) is 3.88. The molecule has 1 fully saturated rings. The maximum absolute atomic E-state index is 5.20. The summed E-state index contributed by atoms with van der Waals surface area (Å²) in [5.41, 5.74) is 1.25. The number of hydrogen-bond donors (Lipinski definition) is 0. The summed E-state index contributed by atoms with van der Waals surface area (Å²) in [6.45, 7) is 2.93. The first-order chi connectivity index (χ1) is 10.2. The van der Waals surface area contributed by atoms with Crippen molar-refractivity contribution in [1.82, 2.24) is 25.1 Å². The normalized spacial score (nSPS) is 16.2. The van der Waals surface area contributed by atoms with Crippen molar-refractivity contribution in [2.45, 2.75) is 38.4 Å². The minimum Gasteiger partial charge on any atom is -0.497 e. The second kappa shape index (κ2) is 5.81. The van der Waals surface area contributed by atoms with E-state index in [1.165, 1.54) is 18.4 Å². The Balaban J connectivity index is 1.68. The second-order valence-corrected chi connectivity index (χ2v) is 5.64. The quantitative estimate of drug-likeness (QED) is 0.815. The minimum absolute atomic E-state index is 0.292. The zero-order chi connectivity index (χ0) is 14.8. The molecule has 1 heterocycles. The van der Waals surface area contributed by atoms with Gasteiger partial charge in [-0.2, -0.15) is 0 Å². The van der Waals surface area contributed by atoms with Gasteiger partial charge in [-0.25, -0.2) is 4.68 Å². The molecule has 0 radical (unpaired) electrons. The van der Waals surface area contributed by atoms with Crippen molar-refractivity contribution in [3.63, 3.8) is 0 Å². The molecule has 0 spiro atoms. The van der Waals surface area contributed by atoms with Crippen LogP contribution >= 0.6 is 0 Å². The summed E-state index contributed by atoms with van der Waals surface area (Å²) in [5, 5.41) is 12.1. The van der Waals surface area contributed by atoms with E-state index in [-0.39, 0.29) is 0 Å². The summed E-state index contributed by atoms with van der Waals surface area (Å²) in [7, 11) is 3.78. The molecule has 112 valence electrons. The van der Waals surface area contributed by atoms with Gasteiger partial charge in [-0.3, -0.25) is 4.90 Å². The zero-order valence-corrected chi connectivity index (χ0v) is 12.7. The molecule has 1 aromatic carbocycles. The Morgan fingerprint density at radius 1 is 1.33 bits per heavy atom. The van der Waals surface area contributed by atoms with E-state index in [0.29, 0.717) is 12.1 Å². The van der Waals surface area contributed by atoms with Gasteiger partial charge in [0.05, 0.1) is 19.7 Å².